The van der Waals surface area contributed by atoms with Crippen LogP contribution in [0.5, 0.6) is 0 Å². The summed E-state index contributed by atoms with van der Waals surface area (Å²) >= 11 is 4.85. The molecule has 14 heavy (non-hydrogen) atoms. The Balaban J connectivity index is 1.75. The molecular weight excluding hydrogens is 200 g/mol. The SMILES string of the molecule is NNC(=S)OC1CCC2(CCO2)CC1. The van der Waals surface area contributed by atoms with Crippen molar-refractivity contribution in [1.29, 1.82) is 0 Å². The Morgan fingerprint density at radius 3 is 2.50 bits per heavy atom. The first kappa shape index (κ1) is 10.1. The highest BCUT2D eigenvalue weighted by molar-refractivity contribution is 7.80. The van der Waals surface area contributed by atoms with Crippen LogP contribution >= 0.6 is 12.2 Å². The van der Waals surface area contributed by atoms with E-state index >= 15 is 0 Å². The van der Waals surface area contributed by atoms with E-state index in [9.17, 15) is 0 Å². The number of hydrazine groups is 1. The zero-order chi connectivity index (χ0) is 10.0. The van der Waals surface area contributed by atoms with E-state index in [-0.39, 0.29) is 11.7 Å². The fourth-order valence-corrected chi connectivity index (χ4v) is 2.34. The van der Waals surface area contributed by atoms with Gasteiger partial charge in [0.2, 0.25) is 0 Å². The van der Waals surface area contributed by atoms with Crippen molar-refractivity contribution in [2.45, 2.75) is 43.8 Å². The number of nitrogens with one attached hydrogen (secondary N) is 1. The molecule has 0 atom stereocenters. The lowest BCUT2D eigenvalue weighted by atomic mass is 9.78. The van der Waals surface area contributed by atoms with Gasteiger partial charge in [0.1, 0.15) is 6.10 Å². The van der Waals surface area contributed by atoms with Gasteiger partial charge in [-0.05, 0) is 44.3 Å². The first-order valence-corrected chi connectivity index (χ1v) is 5.46. The summed E-state index contributed by atoms with van der Waals surface area (Å²) in [5.41, 5.74) is 2.53. The fraction of sp³-hybridized carbons (Fsp3) is 0.889. The molecule has 1 spiro atoms. The molecule has 1 saturated carbocycles. The van der Waals surface area contributed by atoms with E-state index in [2.05, 4.69) is 5.43 Å². The third-order valence-electron chi connectivity index (χ3n) is 3.20. The van der Waals surface area contributed by atoms with Crippen molar-refractivity contribution in [3.63, 3.8) is 0 Å². The van der Waals surface area contributed by atoms with Crippen molar-refractivity contribution in [3.05, 3.63) is 0 Å². The molecule has 0 radical (unpaired) electrons. The average Bonchev–Trinajstić information content (AvgIpc) is 2.16. The average molecular weight is 216 g/mol. The van der Waals surface area contributed by atoms with E-state index in [1.165, 1.54) is 6.42 Å². The third kappa shape index (κ3) is 1.99. The molecule has 4 nitrogen and oxygen atoms in total. The monoisotopic (exact) mass is 216 g/mol. The maximum Gasteiger partial charge on any atom is 0.271 e. The lowest BCUT2D eigenvalue weighted by Crippen LogP contribution is -2.48. The van der Waals surface area contributed by atoms with Crippen LogP contribution in [0.1, 0.15) is 32.1 Å². The molecule has 1 aliphatic heterocycles. The highest BCUT2D eigenvalue weighted by Gasteiger charge is 2.42. The molecular formula is C9H16N2O2S. The van der Waals surface area contributed by atoms with Gasteiger partial charge in [-0.25, -0.2) is 5.84 Å². The lowest BCUT2D eigenvalue weighted by molar-refractivity contribution is -0.174. The first-order chi connectivity index (χ1) is 6.74. The molecule has 1 saturated heterocycles. The summed E-state index contributed by atoms with van der Waals surface area (Å²) < 4.78 is 11.1. The molecule has 0 aromatic heterocycles. The van der Waals surface area contributed by atoms with E-state index in [4.69, 9.17) is 27.5 Å². The summed E-state index contributed by atoms with van der Waals surface area (Å²) in [7, 11) is 0. The molecule has 1 aliphatic carbocycles. The van der Waals surface area contributed by atoms with Gasteiger partial charge in [0.15, 0.2) is 0 Å². The van der Waals surface area contributed by atoms with Crippen LogP contribution in [-0.2, 0) is 9.47 Å². The number of nitrogens with two attached hydrogens (primary N) is 1. The zero-order valence-electron chi connectivity index (χ0n) is 8.12. The second-order valence-corrected chi connectivity index (χ2v) is 4.40. The van der Waals surface area contributed by atoms with Gasteiger partial charge in [0.25, 0.3) is 5.17 Å². The van der Waals surface area contributed by atoms with E-state index in [0.29, 0.717) is 5.17 Å². The molecule has 2 aliphatic rings. The van der Waals surface area contributed by atoms with Crippen molar-refractivity contribution in [1.82, 2.24) is 5.43 Å². The number of rotatable bonds is 1. The second kappa shape index (κ2) is 4.00. The first-order valence-electron chi connectivity index (χ1n) is 5.05. The van der Waals surface area contributed by atoms with Gasteiger partial charge in [-0.15, -0.1) is 0 Å². The molecule has 5 heteroatoms. The minimum Gasteiger partial charge on any atom is -0.467 e. The van der Waals surface area contributed by atoms with Crippen LogP contribution in [0.2, 0.25) is 0 Å². The molecule has 0 bridgehead atoms. The van der Waals surface area contributed by atoms with Crippen LogP contribution in [-0.4, -0.2) is 23.5 Å². The Bertz CT molecular complexity index is 221. The third-order valence-corrected chi connectivity index (χ3v) is 3.42. The zero-order valence-corrected chi connectivity index (χ0v) is 8.94. The minimum atomic E-state index is 0.192. The Labute approximate surface area is 89.1 Å². The van der Waals surface area contributed by atoms with Gasteiger partial charge >= 0.3 is 0 Å². The standard InChI is InChI=1S/C9H16N2O2S/c10-11-8(14)13-7-1-3-9(4-2-7)5-6-12-9/h7H,1-6,10H2,(H,11,14). The summed E-state index contributed by atoms with van der Waals surface area (Å²) in [5, 5.41) is 0.292. The molecule has 80 valence electrons. The summed E-state index contributed by atoms with van der Waals surface area (Å²) in [6.07, 6.45) is 5.63. The molecule has 0 amide bonds. The topological polar surface area (TPSA) is 56.5 Å². The Morgan fingerprint density at radius 2 is 2.07 bits per heavy atom. The van der Waals surface area contributed by atoms with E-state index in [1.54, 1.807) is 0 Å². The van der Waals surface area contributed by atoms with Crippen LogP contribution in [0.4, 0.5) is 0 Å². The van der Waals surface area contributed by atoms with Crippen LogP contribution in [0.3, 0.4) is 0 Å². The molecule has 2 fully saturated rings. The van der Waals surface area contributed by atoms with Gasteiger partial charge in [0, 0.05) is 0 Å². The van der Waals surface area contributed by atoms with Crippen molar-refractivity contribution >= 4 is 17.4 Å². The van der Waals surface area contributed by atoms with Crippen LogP contribution in [0.25, 0.3) is 0 Å². The number of thiocarbonyl (C=S) groups is 1. The van der Waals surface area contributed by atoms with Crippen molar-refractivity contribution in [2.24, 2.45) is 5.84 Å². The highest BCUT2D eigenvalue weighted by atomic mass is 32.1. The number of ether oxygens (including phenoxy) is 2. The lowest BCUT2D eigenvalue weighted by Gasteiger charge is -2.46. The second-order valence-electron chi connectivity index (χ2n) is 4.03. The fourth-order valence-electron chi connectivity index (χ4n) is 2.21. The minimum absolute atomic E-state index is 0.192. The largest absolute Gasteiger partial charge is 0.467 e. The Kier molecular flexibility index (Phi) is 2.90. The number of hydrogen-bond donors (Lipinski definition) is 2. The maximum atomic E-state index is 5.61. The smallest absolute Gasteiger partial charge is 0.271 e. The van der Waals surface area contributed by atoms with E-state index in [1.807, 2.05) is 0 Å². The summed E-state index contributed by atoms with van der Waals surface area (Å²) in [4.78, 5) is 0. The van der Waals surface area contributed by atoms with Gasteiger partial charge in [-0.3, -0.25) is 5.43 Å². The van der Waals surface area contributed by atoms with Gasteiger partial charge in [-0.1, -0.05) is 0 Å². The molecule has 0 unspecified atom stereocenters. The quantitative estimate of drug-likeness (QED) is 0.387. The van der Waals surface area contributed by atoms with Gasteiger partial charge in [-0.2, -0.15) is 0 Å². The van der Waals surface area contributed by atoms with Crippen LogP contribution < -0.4 is 11.3 Å². The van der Waals surface area contributed by atoms with Gasteiger partial charge in [0.05, 0.1) is 12.2 Å². The maximum absolute atomic E-state index is 5.61. The van der Waals surface area contributed by atoms with Crippen molar-refractivity contribution in [2.75, 3.05) is 6.61 Å². The highest BCUT2D eigenvalue weighted by Crippen LogP contribution is 2.41. The van der Waals surface area contributed by atoms with E-state index < -0.39 is 0 Å². The normalized spacial score (nSPS) is 36.2. The molecule has 0 aromatic rings. The summed E-state index contributed by atoms with van der Waals surface area (Å²) in [6.45, 7) is 0.925. The van der Waals surface area contributed by atoms with Crippen molar-refractivity contribution < 1.29 is 9.47 Å². The van der Waals surface area contributed by atoms with E-state index in [0.717, 1.165) is 32.3 Å². The van der Waals surface area contributed by atoms with Crippen LogP contribution in [0, 0.1) is 0 Å². The number of hydrogen-bond acceptors (Lipinski definition) is 4. The summed E-state index contributed by atoms with van der Waals surface area (Å²) in [6, 6.07) is 0. The van der Waals surface area contributed by atoms with Crippen molar-refractivity contribution in [3.8, 4) is 0 Å². The Morgan fingerprint density at radius 1 is 1.43 bits per heavy atom. The molecule has 3 N–H and O–H groups in total. The predicted octanol–water partition coefficient (Wildman–Crippen LogP) is 0.853. The van der Waals surface area contributed by atoms with Gasteiger partial charge < -0.3 is 9.47 Å². The predicted molar refractivity (Wildman–Crippen MR) is 56.6 cm³/mol. The summed E-state index contributed by atoms with van der Waals surface area (Å²) in [5.74, 6) is 5.14. The Hall–Kier alpha value is -0.390. The molecule has 0 aromatic carbocycles. The molecule has 1 heterocycles. The van der Waals surface area contributed by atoms with Crippen LogP contribution in [0.15, 0.2) is 0 Å². The molecule has 2 rings (SSSR count).